The minimum absolute atomic E-state index is 0.0400. The highest BCUT2D eigenvalue weighted by Crippen LogP contribution is 2.34. The quantitative estimate of drug-likeness (QED) is 0.665. The van der Waals surface area contributed by atoms with Crippen molar-refractivity contribution in [2.24, 2.45) is 5.92 Å². The predicted octanol–water partition coefficient (Wildman–Crippen LogP) is 3.09. The molecule has 1 saturated heterocycles. The molecule has 1 fully saturated rings. The molecule has 2 amide bonds. The normalized spacial score (nSPS) is 17.5. The van der Waals surface area contributed by atoms with Crippen LogP contribution in [0.2, 0.25) is 0 Å². The van der Waals surface area contributed by atoms with E-state index in [1.807, 2.05) is 49.4 Å². The van der Waals surface area contributed by atoms with E-state index in [0.717, 1.165) is 16.8 Å². The number of amides is 2. The second-order valence-corrected chi connectivity index (χ2v) is 7.95. The van der Waals surface area contributed by atoms with Crippen LogP contribution in [0.4, 0.5) is 5.69 Å². The predicted molar refractivity (Wildman–Crippen MR) is 116 cm³/mol. The molecular weight excluding hydrogens is 410 g/mol. The molecule has 1 unspecified atom stereocenters. The fourth-order valence-electron chi connectivity index (χ4n) is 4.03. The third-order valence-electron chi connectivity index (χ3n) is 5.73. The van der Waals surface area contributed by atoms with Crippen LogP contribution in [-0.4, -0.2) is 36.7 Å². The minimum atomic E-state index is -0.397. The van der Waals surface area contributed by atoms with Crippen molar-refractivity contribution in [3.8, 4) is 22.8 Å². The van der Waals surface area contributed by atoms with E-state index in [4.69, 9.17) is 14.0 Å². The van der Waals surface area contributed by atoms with E-state index in [-0.39, 0.29) is 24.8 Å². The number of fused-ring (bicyclic) bond motifs is 1. The Kier molecular flexibility index (Phi) is 5.26. The molecule has 0 spiro atoms. The van der Waals surface area contributed by atoms with E-state index < -0.39 is 5.92 Å². The number of hydrogen-bond donors (Lipinski definition) is 1. The number of aromatic nitrogens is 1. The SMILES string of the molecule is Cc1ccccc1N1CC(C(=O)NCc2cc(-c3ccc4c(c3)OCCO4)on2)CC1=O. The number of carbonyl (C=O) groups is 2. The number of rotatable bonds is 5. The Balaban J connectivity index is 1.21. The molecule has 164 valence electrons. The lowest BCUT2D eigenvalue weighted by Gasteiger charge is -2.18. The van der Waals surface area contributed by atoms with Gasteiger partial charge >= 0.3 is 0 Å². The molecule has 2 aliphatic rings. The Hall–Kier alpha value is -3.81. The molecule has 8 heteroatoms. The van der Waals surface area contributed by atoms with Gasteiger partial charge in [0, 0.05) is 30.3 Å². The molecule has 8 nitrogen and oxygen atoms in total. The Bertz CT molecular complexity index is 1170. The van der Waals surface area contributed by atoms with Gasteiger partial charge in [-0.1, -0.05) is 23.4 Å². The second-order valence-electron chi connectivity index (χ2n) is 7.95. The first-order valence-electron chi connectivity index (χ1n) is 10.6. The molecule has 2 aromatic carbocycles. The van der Waals surface area contributed by atoms with E-state index >= 15 is 0 Å². The van der Waals surface area contributed by atoms with Crippen LogP contribution in [0.15, 0.2) is 53.1 Å². The second kappa shape index (κ2) is 8.37. The highest BCUT2D eigenvalue weighted by Gasteiger charge is 2.35. The Morgan fingerprint density at radius 3 is 2.78 bits per heavy atom. The van der Waals surface area contributed by atoms with Gasteiger partial charge in [-0.2, -0.15) is 0 Å². The first-order chi connectivity index (χ1) is 15.6. The highest BCUT2D eigenvalue weighted by molar-refractivity contribution is 6.00. The molecule has 0 bridgehead atoms. The maximum Gasteiger partial charge on any atom is 0.227 e. The molecular formula is C24H23N3O5. The van der Waals surface area contributed by atoms with Crippen LogP contribution >= 0.6 is 0 Å². The fourth-order valence-corrected chi connectivity index (χ4v) is 4.03. The van der Waals surface area contributed by atoms with E-state index in [1.54, 1.807) is 11.0 Å². The number of carbonyl (C=O) groups excluding carboxylic acids is 2. The number of para-hydroxylation sites is 1. The molecule has 2 aliphatic heterocycles. The van der Waals surface area contributed by atoms with Crippen LogP contribution in [0.3, 0.4) is 0 Å². The molecule has 0 saturated carbocycles. The van der Waals surface area contributed by atoms with Crippen molar-refractivity contribution in [2.45, 2.75) is 19.9 Å². The lowest BCUT2D eigenvalue weighted by atomic mass is 10.1. The van der Waals surface area contributed by atoms with Crippen LogP contribution in [0.5, 0.6) is 11.5 Å². The largest absolute Gasteiger partial charge is 0.486 e. The lowest BCUT2D eigenvalue weighted by Crippen LogP contribution is -2.32. The van der Waals surface area contributed by atoms with Gasteiger partial charge < -0.3 is 24.2 Å². The van der Waals surface area contributed by atoms with Crippen molar-refractivity contribution in [3.63, 3.8) is 0 Å². The zero-order valence-corrected chi connectivity index (χ0v) is 17.7. The van der Waals surface area contributed by atoms with Crippen LogP contribution in [0, 0.1) is 12.8 Å². The molecule has 32 heavy (non-hydrogen) atoms. The third-order valence-corrected chi connectivity index (χ3v) is 5.73. The number of nitrogens with zero attached hydrogens (tertiary/aromatic N) is 2. The third kappa shape index (κ3) is 3.91. The monoisotopic (exact) mass is 433 g/mol. The van der Waals surface area contributed by atoms with Gasteiger partial charge in [0.2, 0.25) is 11.8 Å². The molecule has 5 rings (SSSR count). The molecule has 1 N–H and O–H groups in total. The molecule has 3 aromatic rings. The zero-order valence-electron chi connectivity index (χ0n) is 17.7. The smallest absolute Gasteiger partial charge is 0.227 e. The summed E-state index contributed by atoms with van der Waals surface area (Å²) in [6.07, 6.45) is 0.196. The van der Waals surface area contributed by atoms with Crippen molar-refractivity contribution in [2.75, 3.05) is 24.7 Å². The summed E-state index contributed by atoms with van der Waals surface area (Å²) in [6.45, 7) is 3.60. The first-order valence-corrected chi connectivity index (χ1v) is 10.6. The average Bonchev–Trinajstić information content (AvgIpc) is 3.44. The lowest BCUT2D eigenvalue weighted by molar-refractivity contribution is -0.126. The maximum atomic E-state index is 12.7. The summed E-state index contributed by atoms with van der Waals surface area (Å²) in [5, 5.41) is 6.93. The van der Waals surface area contributed by atoms with Gasteiger partial charge in [0.1, 0.15) is 18.9 Å². The average molecular weight is 433 g/mol. The Morgan fingerprint density at radius 2 is 1.94 bits per heavy atom. The summed E-state index contributed by atoms with van der Waals surface area (Å²) in [4.78, 5) is 26.9. The summed E-state index contributed by atoms with van der Waals surface area (Å²) in [5.41, 5.74) is 3.28. The van der Waals surface area contributed by atoms with Crippen LogP contribution in [0.1, 0.15) is 17.7 Å². The fraction of sp³-hybridized carbons (Fsp3) is 0.292. The molecule has 1 atom stereocenters. The highest BCUT2D eigenvalue weighted by atomic mass is 16.6. The van der Waals surface area contributed by atoms with Crippen LogP contribution < -0.4 is 19.7 Å². The van der Waals surface area contributed by atoms with Crippen molar-refractivity contribution < 1.29 is 23.6 Å². The summed E-state index contributed by atoms with van der Waals surface area (Å²) in [5.74, 6) is 1.35. The topological polar surface area (TPSA) is 93.9 Å². The number of benzene rings is 2. The number of anilines is 1. The molecule has 3 heterocycles. The van der Waals surface area contributed by atoms with Crippen LogP contribution in [-0.2, 0) is 16.1 Å². The zero-order chi connectivity index (χ0) is 22.1. The van der Waals surface area contributed by atoms with Gasteiger partial charge in [-0.15, -0.1) is 0 Å². The van der Waals surface area contributed by atoms with Crippen molar-refractivity contribution in [1.29, 1.82) is 0 Å². The van der Waals surface area contributed by atoms with E-state index in [0.29, 0.717) is 42.7 Å². The number of aryl methyl sites for hydroxylation is 1. The van der Waals surface area contributed by atoms with Gasteiger partial charge in [0.05, 0.1) is 12.5 Å². The van der Waals surface area contributed by atoms with Crippen molar-refractivity contribution in [1.82, 2.24) is 10.5 Å². The van der Waals surface area contributed by atoms with Gasteiger partial charge in [0.15, 0.2) is 17.3 Å². The summed E-state index contributed by atoms with van der Waals surface area (Å²) in [6, 6.07) is 15.0. The van der Waals surface area contributed by atoms with Gasteiger partial charge in [-0.3, -0.25) is 9.59 Å². The Labute approximate surface area is 185 Å². The van der Waals surface area contributed by atoms with Crippen molar-refractivity contribution >= 4 is 17.5 Å². The number of hydrogen-bond acceptors (Lipinski definition) is 6. The number of ether oxygens (including phenoxy) is 2. The molecule has 1 aromatic heterocycles. The summed E-state index contributed by atoms with van der Waals surface area (Å²) in [7, 11) is 0. The van der Waals surface area contributed by atoms with E-state index in [1.165, 1.54) is 0 Å². The minimum Gasteiger partial charge on any atom is -0.486 e. The standard InChI is InChI=1S/C24H23N3O5/c1-15-4-2-3-5-19(15)27-14-17(11-23(27)28)24(29)25-13-18-12-21(32-26-18)16-6-7-20-22(10-16)31-9-8-30-20/h2-7,10,12,17H,8-9,11,13-14H2,1H3,(H,25,29). The maximum absolute atomic E-state index is 12.7. The first kappa shape index (κ1) is 20.1. The molecule has 0 radical (unpaired) electrons. The Morgan fingerprint density at radius 1 is 1.12 bits per heavy atom. The van der Waals surface area contributed by atoms with Crippen molar-refractivity contribution in [3.05, 3.63) is 59.8 Å². The molecule has 0 aliphatic carbocycles. The van der Waals surface area contributed by atoms with Gasteiger partial charge in [-0.25, -0.2) is 0 Å². The van der Waals surface area contributed by atoms with E-state index in [9.17, 15) is 9.59 Å². The summed E-state index contributed by atoms with van der Waals surface area (Å²) < 4.78 is 16.6. The number of nitrogens with one attached hydrogen (secondary N) is 1. The van der Waals surface area contributed by atoms with Crippen LogP contribution in [0.25, 0.3) is 11.3 Å². The van der Waals surface area contributed by atoms with Gasteiger partial charge in [0.25, 0.3) is 0 Å². The summed E-state index contributed by atoms with van der Waals surface area (Å²) >= 11 is 0. The van der Waals surface area contributed by atoms with E-state index in [2.05, 4.69) is 10.5 Å². The van der Waals surface area contributed by atoms with Gasteiger partial charge in [-0.05, 0) is 36.8 Å².